The molecule has 21 heavy (non-hydrogen) atoms. The highest BCUT2D eigenvalue weighted by molar-refractivity contribution is 14.1. The SMILES string of the molecule is Nc1ncnc2c1c(I)nn2CC#CCN1CCOCC1. The number of anilines is 1. The number of nitrogens with zero attached hydrogens (tertiary/aromatic N) is 5. The summed E-state index contributed by atoms with van der Waals surface area (Å²) in [5.41, 5.74) is 6.59. The first-order valence-corrected chi connectivity index (χ1v) is 7.72. The van der Waals surface area contributed by atoms with Crippen molar-refractivity contribution in [1.29, 1.82) is 0 Å². The molecule has 0 unspecified atom stereocenters. The molecule has 0 aromatic carbocycles. The van der Waals surface area contributed by atoms with E-state index >= 15 is 0 Å². The Labute approximate surface area is 136 Å². The molecule has 0 spiro atoms. The molecule has 0 saturated carbocycles. The molecule has 7 nitrogen and oxygen atoms in total. The number of morpholine rings is 1. The fourth-order valence-electron chi connectivity index (χ4n) is 2.15. The Morgan fingerprint density at radius 2 is 2.00 bits per heavy atom. The van der Waals surface area contributed by atoms with Crippen molar-refractivity contribution in [2.75, 3.05) is 38.6 Å². The van der Waals surface area contributed by atoms with Gasteiger partial charge >= 0.3 is 0 Å². The van der Waals surface area contributed by atoms with Gasteiger partial charge in [0.1, 0.15) is 22.4 Å². The van der Waals surface area contributed by atoms with E-state index in [4.69, 9.17) is 10.5 Å². The van der Waals surface area contributed by atoms with E-state index in [1.165, 1.54) is 6.33 Å². The van der Waals surface area contributed by atoms with Crippen molar-refractivity contribution in [2.45, 2.75) is 6.54 Å². The third-order valence-corrected chi connectivity index (χ3v) is 4.03. The molecule has 0 bridgehead atoms. The maximum Gasteiger partial charge on any atom is 0.165 e. The van der Waals surface area contributed by atoms with Crippen LogP contribution in [0.15, 0.2) is 6.33 Å². The lowest BCUT2D eigenvalue weighted by Gasteiger charge is -2.24. The molecule has 3 rings (SSSR count). The number of nitrogens with two attached hydrogens (primary N) is 1. The third kappa shape index (κ3) is 3.25. The highest BCUT2D eigenvalue weighted by Gasteiger charge is 2.12. The number of hydrogen-bond donors (Lipinski definition) is 1. The molecule has 0 aliphatic carbocycles. The van der Waals surface area contributed by atoms with Gasteiger partial charge in [-0.2, -0.15) is 5.10 Å². The summed E-state index contributed by atoms with van der Waals surface area (Å²) in [6, 6.07) is 0. The monoisotopic (exact) mass is 398 g/mol. The van der Waals surface area contributed by atoms with Crippen LogP contribution in [0.4, 0.5) is 5.82 Å². The molecule has 1 aliphatic rings. The number of halogens is 1. The van der Waals surface area contributed by atoms with Crippen molar-refractivity contribution < 1.29 is 4.74 Å². The van der Waals surface area contributed by atoms with Gasteiger partial charge in [-0.25, -0.2) is 14.6 Å². The van der Waals surface area contributed by atoms with Gasteiger partial charge in [-0.15, -0.1) is 0 Å². The van der Waals surface area contributed by atoms with Gasteiger partial charge in [0, 0.05) is 13.1 Å². The zero-order valence-corrected chi connectivity index (χ0v) is 13.6. The van der Waals surface area contributed by atoms with E-state index in [-0.39, 0.29) is 0 Å². The van der Waals surface area contributed by atoms with Gasteiger partial charge in [-0.3, -0.25) is 4.90 Å². The predicted molar refractivity (Wildman–Crippen MR) is 87.5 cm³/mol. The number of rotatable bonds is 2. The standard InChI is InChI=1S/C13H15IN6O/c14-11-10-12(15)16-9-17-13(10)20(18-11)4-2-1-3-19-5-7-21-8-6-19/h9H,3-8H2,(H2,15,16,17). The summed E-state index contributed by atoms with van der Waals surface area (Å²) in [4.78, 5) is 10.5. The predicted octanol–water partition coefficient (Wildman–Crippen LogP) is 0.349. The molecule has 1 aliphatic heterocycles. The van der Waals surface area contributed by atoms with Crippen LogP contribution in [0, 0.1) is 15.5 Å². The van der Waals surface area contributed by atoms with Gasteiger partial charge in [0.05, 0.1) is 25.1 Å². The van der Waals surface area contributed by atoms with Crippen molar-refractivity contribution in [2.24, 2.45) is 0 Å². The van der Waals surface area contributed by atoms with Crippen LogP contribution in [0.5, 0.6) is 0 Å². The van der Waals surface area contributed by atoms with Gasteiger partial charge in [0.25, 0.3) is 0 Å². The molecule has 2 aromatic rings. The summed E-state index contributed by atoms with van der Waals surface area (Å²) in [5, 5.41) is 5.22. The maximum atomic E-state index is 5.86. The van der Waals surface area contributed by atoms with Crippen LogP contribution < -0.4 is 5.73 Å². The number of fused-ring (bicyclic) bond motifs is 1. The van der Waals surface area contributed by atoms with E-state index in [1.54, 1.807) is 4.68 Å². The van der Waals surface area contributed by atoms with Crippen LogP contribution in [-0.2, 0) is 11.3 Å². The van der Waals surface area contributed by atoms with E-state index in [1.807, 2.05) is 0 Å². The Balaban J connectivity index is 1.70. The summed E-state index contributed by atoms with van der Waals surface area (Å²) in [6.07, 6.45) is 1.45. The summed E-state index contributed by atoms with van der Waals surface area (Å²) in [6.45, 7) is 4.73. The van der Waals surface area contributed by atoms with Crippen molar-refractivity contribution in [1.82, 2.24) is 24.6 Å². The Hall–Kier alpha value is -1.44. The van der Waals surface area contributed by atoms with Crippen LogP contribution in [-0.4, -0.2) is 57.5 Å². The molecule has 0 amide bonds. The van der Waals surface area contributed by atoms with Crippen LogP contribution >= 0.6 is 22.6 Å². The van der Waals surface area contributed by atoms with Gasteiger partial charge in [-0.1, -0.05) is 11.8 Å². The summed E-state index contributed by atoms with van der Waals surface area (Å²) < 4.78 is 7.87. The van der Waals surface area contributed by atoms with Crippen molar-refractivity contribution in [3.8, 4) is 11.8 Å². The summed E-state index contributed by atoms with van der Waals surface area (Å²) >= 11 is 2.14. The van der Waals surface area contributed by atoms with Crippen molar-refractivity contribution in [3.05, 3.63) is 10.0 Å². The fraction of sp³-hybridized carbons (Fsp3) is 0.462. The first-order valence-electron chi connectivity index (χ1n) is 6.64. The smallest absolute Gasteiger partial charge is 0.165 e. The molecular formula is C13H15IN6O. The third-order valence-electron chi connectivity index (χ3n) is 3.28. The molecule has 1 fully saturated rings. The largest absolute Gasteiger partial charge is 0.383 e. The van der Waals surface area contributed by atoms with Crippen molar-refractivity contribution in [3.63, 3.8) is 0 Å². The molecule has 1 saturated heterocycles. The maximum absolute atomic E-state index is 5.86. The minimum atomic E-state index is 0.455. The van der Waals surface area contributed by atoms with Crippen molar-refractivity contribution >= 4 is 39.4 Å². The lowest BCUT2D eigenvalue weighted by molar-refractivity contribution is 0.0443. The normalized spacial score (nSPS) is 15.9. The summed E-state index contributed by atoms with van der Waals surface area (Å²) in [5.74, 6) is 6.77. The van der Waals surface area contributed by atoms with Crippen LogP contribution in [0.25, 0.3) is 11.0 Å². The second-order valence-electron chi connectivity index (χ2n) is 4.65. The lowest BCUT2D eigenvalue weighted by atomic mass is 10.4. The minimum absolute atomic E-state index is 0.455. The Bertz CT molecular complexity index is 698. The van der Waals surface area contributed by atoms with Gasteiger partial charge < -0.3 is 10.5 Å². The second-order valence-corrected chi connectivity index (χ2v) is 5.67. The number of ether oxygens (including phenoxy) is 1. The Morgan fingerprint density at radius 1 is 1.24 bits per heavy atom. The van der Waals surface area contributed by atoms with Crippen LogP contribution in [0.3, 0.4) is 0 Å². The van der Waals surface area contributed by atoms with Gasteiger partial charge in [-0.05, 0) is 22.6 Å². The Kier molecular flexibility index (Phi) is 4.52. The molecule has 0 atom stereocenters. The molecule has 3 heterocycles. The number of nitrogen functional groups attached to an aromatic ring is 1. The number of hydrogen-bond acceptors (Lipinski definition) is 6. The highest BCUT2D eigenvalue weighted by atomic mass is 127. The van der Waals surface area contributed by atoms with Gasteiger partial charge in [0.15, 0.2) is 5.65 Å². The fourth-order valence-corrected chi connectivity index (χ4v) is 2.93. The zero-order valence-electron chi connectivity index (χ0n) is 11.4. The topological polar surface area (TPSA) is 82.1 Å². The first kappa shape index (κ1) is 14.5. The molecule has 2 N–H and O–H groups in total. The zero-order chi connectivity index (χ0) is 14.7. The minimum Gasteiger partial charge on any atom is -0.383 e. The quantitative estimate of drug-likeness (QED) is 0.581. The molecule has 110 valence electrons. The first-order chi connectivity index (χ1) is 10.3. The molecule has 0 radical (unpaired) electrons. The Morgan fingerprint density at radius 3 is 2.81 bits per heavy atom. The average Bonchev–Trinajstić information content (AvgIpc) is 2.83. The van der Waals surface area contributed by atoms with E-state index in [0.29, 0.717) is 12.4 Å². The molecular weight excluding hydrogens is 383 g/mol. The highest BCUT2D eigenvalue weighted by Crippen LogP contribution is 2.22. The van der Waals surface area contributed by atoms with E-state index in [9.17, 15) is 0 Å². The molecule has 8 heteroatoms. The average molecular weight is 398 g/mol. The van der Waals surface area contributed by atoms with Crippen LogP contribution in [0.2, 0.25) is 0 Å². The lowest BCUT2D eigenvalue weighted by Crippen LogP contribution is -2.36. The van der Waals surface area contributed by atoms with E-state index in [2.05, 4.69) is 54.4 Å². The summed E-state index contributed by atoms with van der Waals surface area (Å²) in [7, 11) is 0. The number of aromatic nitrogens is 4. The van der Waals surface area contributed by atoms with E-state index in [0.717, 1.165) is 47.6 Å². The van der Waals surface area contributed by atoms with E-state index < -0.39 is 0 Å². The molecule has 2 aromatic heterocycles. The van der Waals surface area contributed by atoms with Gasteiger partial charge in [0.2, 0.25) is 0 Å². The second kappa shape index (κ2) is 6.55. The van der Waals surface area contributed by atoms with Crippen LogP contribution in [0.1, 0.15) is 0 Å².